The molecule has 0 bridgehead atoms. The van der Waals surface area contributed by atoms with E-state index in [2.05, 4.69) is 27.8 Å². The third kappa shape index (κ3) is 3.68. The largest absolute Gasteiger partial charge is 0.468 e. The number of hydrogen-bond donors (Lipinski definition) is 1. The fourth-order valence-electron chi connectivity index (χ4n) is 1.50. The van der Waals surface area contributed by atoms with E-state index in [0.29, 0.717) is 6.54 Å². The Balaban J connectivity index is 2.98. The number of nitrogens with one attached hydrogen (secondary N) is 1. The zero-order valence-corrected chi connectivity index (χ0v) is 11.6. The topological polar surface area (TPSA) is 38.3 Å². The van der Waals surface area contributed by atoms with Crippen LogP contribution < -0.4 is 5.32 Å². The summed E-state index contributed by atoms with van der Waals surface area (Å²) in [5, 5.41) is 3.08. The molecule has 0 spiro atoms. The van der Waals surface area contributed by atoms with E-state index in [4.69, 9.17) is 4.74 Å². The van der Waals surface area contributed by atoms with Gasteiger partial charge in [-0.2, -0.15) is 0 Å². The van der Waals surface area contributed by atoms with Crippen molar-refractivity contribution in [3.8, 4) is 0 Å². The average molecular weight is 298 g/mol. The first kappa shape index (κ1) is 13.9. The van der Waals surface area contributed by atoms with E-state index in [0.717, 1.165) is 15.6 Å². The van der Waals surface area contributed by atoms with Gasteiger partial charge in [0.25, 0.3) is 0 Å². The van der Waals surface area contributed by atoms with Crippen LogP contribution in [-0.2, 0) is 9.53 Å². The van der Waals surface area contributed by atoms with Crippen molar-refractivity contribution in [3.05, 3.63) is 46.5 Å². The Bertz CT molecular complexity index is 418. The van der Waals surface area contributed by atoms with Gasteiger partial charge in [0.1, 0.15) is 6.04 Å². The molecule has 0 fully saturated rings. The average Bonchev–Trinajstić information content (AvgIpc) is 2.33. The van der Waals surface area contributed by atoms with Crippen LogP contribution in [0.15, 0.2) is 35.3 Å². The second-order valence-corrected chi connectivity index (χ2v) is 4.52. The van der Waals surface area contributed by atoms with Gasteiger partial charge in [0, 0.05) is 11.0 Å². The molecule has 0 aliphatic heterocycles. The zero-order valence-electron chi connectivity index (χ0n) is 10.00. The predicted molar refractivity (Wildman–Crippen MR) is 71.8 cm³/mol. The van der Waals surface area contributed by atoms with Gasteiger partial charge in [0.2, 0.25) is 0 Å². The number of benzene rings is 1. The number of carbonyl (C=O) groups is 1. The lowest BCUT2D eigenvalue weighted by molar-refractivity contribution is -0.143. The van der Waals surface area contributed by atoms with Crippen molar-refractivity contribution in [2.75, 3.05) is 13.7 Å². The zero-order chi connectivity index (χ0) is 12.8. The minimum Gasteiger partial charge on any atom is -0.468 e. The summed E-state index contributed by atoms with van der Waals surface area (Å²) in [6.07, 6.45) is 1.71. The van der Waals surface area contributed by atoms with Crippen molar-refractivity contribution in [1.82, 2.24) is 5.32 Å². The fraction of sp³-hybridized carbons (Fsp3) is 0.308. The molecular formula is C13H16BrNO2. The molecule has 3 nitrogen and oxygen atoms in total. The molecule has 1 rings (SSSR count). The van der Waals surface area contributed by atoms with Crippen molar-refractivity contribution in [3.63, 3.8) is 0 Å². The fourth-order valence-corrected chi connectivity index (χ4v) is 1.75. The van der Waals surface area contributed by atoms with E-state index < -0.39 is 6.04 Å². The Morgan fingerprint density at radius 2 is 2.35 bits per heavy atom. The third-order valence-corrected chi connectivity index (χ3v) is 3.31. The van der Waals surface area contributed by atoms with Crippen molar-refractivity contribution >= 4 is 21.9 Å². The highest BCUT2D eigenvalue weighted by molar-refractivity contribution is 9.10. The lowest BCUT2D eigenvalue weighted by Gasteiger charge is -2.16. The SMILES string of the molecule is C=CCNC(C(=O)OC)c1ccc(Br)c(C)c1. The predicted octanol–water partition coefficient (Wildman–Crippen LogP) is 2.75. The molecule has 0 amide bonds. The molecule has 0 heterocycles. The highest BCUT2D eigenvalue weighted by Gasteiger charge is 2.20. The molecule has 0 radical (unpaired) electrons. The number of esters is 1. The van der Waals surface area contributed by atoms with Crippen LogP contribution in [0.5, 0.6) is 0 Å². The van der Waals surface area contributed by atoms with Gasteiger partial charge in [-0.05, 0) is 24.1 Å². The Morgan fingerprint density at radius 1 is 1.65 bits per heavy atom. The van der Waals surface area contributed by atoms with Crippen molar-refractivity contribution in [1.29, 1.82) is 0 Å². The summed E-state index contributed by atoms with van der Waals surface area (Å²) in [7, 11) is 1.39. The summed E-state index contributed by atoms with van der Waals surface area (Å²) in [6, 6.07) is 5.33. The first-order chi connectivity index (χ1) is 8.10. The van der Waals surface area contributed by atoms with Gasteiger partial charge < -0.3 is 4.74 Å². The maximum atomic E-state index is 11.7. The van der Waals surface area contributed by atoms with E-state index in [-0.39, 0.29) is 5.97 Å². The van der Waals surface area contributed by atoms with E-state index in [9.17, 15) is 4.79 Å². The number of carbonyl (C=O) groups excluding carboxylic acids is 1. The van der Waals surface area contributed by atoms with Gasteiger partial charge in [-0.25, -0.2) is 4.79 Å². The van der Waals surface area contributed by atoms with E-state index >= 15 is 0 Å². The second-order valence-electron chi connectivity index (χ2n) is 3.66. The molecule has 17 heavy (non-hydrogen) atoms. The third-order valence-electron chi connectivity index (χ3n) is 2.42. The van der Waals surface area contributed by atoms with Crippen molar-refractivity contribution in [2.45, 2.75) is 13.0 Å². The minimum absolute atomic E-state index is 0.298. The molecule has 4 heteroatoms. The first-order valence-corrected chi connectivity index (χ1v) is 6.07. The van der Waals surface area contributed by atoms with E-state index in [1.807, 2.05) is 25.1 Å². The van der Waals surface area contributed by atoms with Crippen LogP contribution in [0.4, 0.5) is 0 Å². The normalized spacial score (nSPS) is 11.9. The smallest absolute Gasteiger partial charge is 0.327 e. The summed E-state index contributed by atoms with van der Waals surface area (Å²) < 4.78 is 5.81. The van der Waals surface area contributed by atoms with Crippen molar-refractivity contribution in [2.24, 2.45) is 0 Å². The summed E-state index contributed by atoms with van der Waals surface area (Å²) in [5.74, 6) is -0.298. The Morgan fingerprint density at radius 3 is 2.88 bits per heavy atom. The standard InChI is InChI=1S/C13H16BrNO2/c1-4-7-15-12(13(16)17-3)10-5-6-11(14)9(2)8-10/h4-6,8,12,15H,1,7H2,2-3H3. The van der Waals surface area contributed by atoms with Crippen LogP contribution in [0, 0.1) is 6.92 Å². The molecule has 1 aromatic carbocycles. The summed E-state index contributed by atoms with van der Waals surface area (Å²) in [6.45, 7) is 6.15. The monoisotopic (exact) mass is 297 g/mol. The Hall–Kier alpha value is -1.13. The van der Waals surface area contributed by atoms with Crippen molar-refractivity contribution < 1.29 is 9.53 Å². The molecule has 0 saturated heterocycles. The Kier molecular flexibility index (Phi) is 5.38. The number of rotatable bonds is 5. The van der Waals surface area contributed by atoms with Crippen LogP contribution in [-0.4, -0.2) is 19.6 Å². The van der Waals surface area contributed by atoms with Crippen LogP contribution in [0.1, 0.15) is 17.2 Å². The van der Waals surface area contributed by atoms with Gasteiger partial charge in [-0.3, -0.25) is 5.32 Å². The van der Waals surface area contributed by atoms with Crippen LogP contribution in [0.2, 0.25) is 0 Å². The summed E-state index contributed by atoms with van der Waals surface area (Å²) in [4.78, 5) is 11.7. The second kappa shape index (κ2) is 6.57. The van der Waals surface area contributed by atoms with Crippen LogP contribution in [0.3, 0.4) is 0 Å². The highest BCUT2D eigenvalue weighted by atomic mass is 79.9. The molecule has 92 valence electrons. The number of halogens is 1. The quantitative estimate of drug-likeness (QED) is 0.671. The summed E-state index contributed by atoms with van der Waals surface area (Å²) in [5.41, 5.74) is 1.97. The molecule has 1 N–H and O–H groups in total. The highest BCUT2D eigenvalue weighted by Crippen LogP contribution is 2.22. The molecule has 1 atom stereocenters. The van der Waals surface area contributed by atoms with Gasteiger partial charge in [-0.1, -0.05) is 34.1 Å². The Labute approximate surface area is 110 Å². The number of aryl methyl sites for hydroxylation is 1. The van der Waals surface area contributed by atoms with E-state index in [1.54, 1.807) is 6.08 Å². The minimum atomic E-state index is -0.454. The molecular weight excluding hydrogens is 282 g/mol. The van der Waals surface area contributed by atoms with Crippen LogP contribution >= 0.6 is 15.9 Å². The van der Waals surface area contributed by atoms with Gasteiger partial charge in [0.15, 0.2) is 0 Å². The van der Waals surface area contributed by atoms with Gasteiger partial charge >= 0.3 is 5.97 Å². The van der Waals surface area contributed by atoms with Gasteiger partial charge in [0.05, 0.1) is 7.11 Å². The lowest BCUT2D eigenvalue weighted by atomic mass is 10.0. The van der Waals surface area contributed by atoms with Crippen LogP contribution in [0.25, 0.3) is 0 Å². The summed E-state index contributed by atoms with van der Waals surface area (Å²) >= 11 is 3.43. The molecule has 1 unspecified atom stereocenters. The van der Waals surface area contributed by atoms with Gasteiger partial charge in [-0.15, -0.1) is 6.58 Å². The molecule has 1 aromatic rings. The maximum Gasteiger partial charge on any atom is 0.327 e. The molecule has 0 aliphatic rings. The number of ether oxygens (including phenoxy) is 1. The number of hydrogen-bond acceptors (Lipinski definition) is 3. The number of methoxy groups -OCH3 is 1. The molecule has 0 aromatic heterocycles. The molecule has 0 aliphatic carbocycles. The van der Waals surface area contributed by atoms with E-state index in [1.165, 1.54) is 7.11 Å². The first-order valence-electron chi connectivity index (χ1n) is 5.28. The maximum absolute atomic E-state index is 11.7. The lowest BCUT2D eigenvalue weighted by Crippen LogP contribution is -2.29. The molecule has 0 saturated carbocycles.